The van der Waals surface area contributed by atoms with Gasteiger partial charge < -0.3 is 24.5 Å². The third-order valence-electron chi connectivity index (χ3n) is 6.04. The lowest BCUT2D eigenvalue weighted by Crippen LogP contribution is -2.48. The third kappa shape index (κ3) is 5.91. The van der Waals surface area contributed by atoms with Gasteiger partial charge in [0.25, 0.3) is 0 Å². The van der Waals surface area contributed by atoms with E-state index in [1.165, 1.54) is 13.5 Å². The fraction of sp³-hybridized carbons (Fsp3) is 0.333. The molecule has 0 fully saturated rings. The lowest BCUT2D eigenvalue weighted by atomic mass is 9.90. The van der Waals surface area contributed by atoms with E-state index in [9.17, 15) is 14.4 Å². The molecule has 0 saturated heterocycles. The second kappa shape index (κ2) is 10.6. The Labute approximate surface area is 209 Å². The smallest absolute Gasteiger partial charge is 0.313 e. The standard InChI is InChI=1S/C27H29N3O6/c1-27(2,11-12-35-19-8-10-20-17(13-19)5-4-6-22(20)31)30-26(33)25(32)29-18-7-9-21(23(14-18)34-3)24-15-28-16-36-24/h7-10,13-16H,4-6,11-12H2,1-3H3,(H,29,32)(H,30,33). The van der Waals surface area contributed by atoms with Crippen molar-refractivity contribution in [3.8, 4) is 22.8 Å². The van der Waals surface area contributed by atoms with Gasteiger partial charge in [-0.2, -0.15) is 0 Å². The number of ether oxygens (including phenoxy) is 2. The first kappa shape index (κ1) is 25.0. The van der Waals surface area contributed by atoms with Gasteiger partial charge in [0.05, 0.1) is 25.5 Å². The van der Waals surface area contributed by atoms with Crippen LogP contribution in [-0.4, -0.2) is 41.8 Å². The second-order valence-electron chi connectivity index (χ2n) is 9.27. The summed E-state index contributed by atoms with van der Waals surface area (Å²) >= 11 is 0. The number of hydrogen-bond donors (Lipinski definition) is 2. The average molecular weight is 492 g/mol. The third-order valence-corrected chi connectivity index (χ3v) is 6.04. The average Bonchev–Trinajstić information content (AvgIpc) is 3.38. The van der Waals surface area contributed by atoms with Gasteiger partial charge in [-0.15, -0.1) is 0 Å². The molecule has 1 aliphatic rings. The van der Waals surface area contributed by atoms with Crippen LogP contribution in [0, 0.1) is 0 Å². The van der Waals surface area contributed by atoms with Crippen molar-refractivity contribution in [3.63, 3.8) is 0 Å². The van der Waals surface area contributed by atoms with Gasteiger partial charge in [-0.25, -0.2) is 4.98 Å². The number of oxazole rings is 1. The second-order valence-corrected chi connectivity index (χ2v) is 9.27. The summed E-state index contributed by atoms with van der Waals surface area (Å²) in [5.74, 6) is 0.299. The highest BCUT2D eigenvalue weighted by atomic mass is 16.5. The molecule has 188 valence electrons. The van der Waals surface area contributed by atoms with Gasteiger partial charge in [-0.1, -0.05) is 0 Å². The SMILES string of the molecule is COc1cc(NC(=O)C(=O)NC(C)(C)CCOc2ccc3c(c2)CCCC3=O)ccc1-c1cnco1. The molecule has 0 bridgehead atoms. The van der Waals surface area contributed by atoms with E-state index < -0.39 is 17.4 Å². The molecule has 2 amide bonds. The molecule has 0 radical (unpaired) electrons. The predicted molar refractivity (Wildman–Crippen MR) is 133 cm³/mol. The normalized spacial score (nSPS) is 13.0. The molecular weight excluding hydrogens is 462 g/mol. The van der Waals surface area contributed by atoms with Gasteiger partial charge in [0, 0.05) is 35.7 Å². The summed E-state index contributed by atoms with van der Waals surface area (Å²) in [5.41, 5.74) is 2.18. The maximum atomic E-state index is 12.5. The first-order valence-corrected chi connectivity index (χ1v) is 11.7. The molecule has 0 spiro atoms. The Morgan fingerprint density at radius 1 is 1.08 bits per heavy atom. The van der Waals surface area contributed by atoms with Gasteiger partial charge in [0.2, 0.25) is 0 Å². The van der Waals surface area contributed by atoms with Crippen LogP contribution in [-0.2, 0) is 16.0 Å². The molecule has 1 aromatic heterocycles. The number of Topliss-reactive ketones (excluding diaryl/α,β-unsaturated/α-hetero) is 1. The van der Waals surface area contributed by atoms with Crippen molar-refractivity contribution in [2.75, 3.05) is 19.0 Å². The monoisotopic (exact) mass is 491 g/mol. The van der Waals surface area contributed by atoms with E-state index in [0.29, 0.717) is 48.0 Å². The number of hydrogen-bond acceptors (Lipinski definition) is 7. The Morgan fingerprint density at radius 2 is 1.89 bits per heavy atom. The highest BCUT2D eigenvalue weighted by Gasteiger charge is 2.25. The fourth-order valence-electron chi connectivity index (χ4n) is 4.07. The van der Waals surface area contributed by atoms with E-state index >= 15 is 0 Å². The Hall–Kier alpha value is -4.14. The van der Waals surface area contributed by atoms with Gasteiger partial charge in [-0.05, 0) is 62.6 Å². The summed E-state index contributed by atoms with van der Waals surface area (Å²) < 4.78 is 16.5. The molecule has 3 aromatic rings. The van der Waals surface area contributed by atoms with Crippen LogP contribution in [0.25, 0.3) is 11.3 Å². The van der Waals surface area contributed by atoms with Crippen LogP contribution in [0.2, 0.25) is 0 Å². The Kier molecular flexibility index (Phi) is 7.38. The van der Waals surface area contributed by atoms with Crippen LogP contribution >= 0.6 is 0 Å². The fourth-order valence-corrected chi connectivity index (χ4v) is 4.07. The first-order valence-electron chi connectivity index (χ1n) is 11.7. The summed E-state index contributed by atoms with van der Waals surface area (Å²) in [6, 6.07) is 10.5. The van der Waals surface area contributed by atoms with Gasteiger partial charge in [0.1, 0.15) is 11.5 Å². The lowest BCUT2D eigenvalue weighted by molar-refractivity contribution is -0.137. The Bertz CT molecular complexity index is 1270. The number of nitrogens with one attached hydrogen (secondary N) is 2. The zero-order chi connectivity index (χ0) is 25.7. The first-order chi connectivity index (χ1) is 17.3. The Balaban J connectivity index is 1.29. The number of ketones is 1. The highest BCUT2D eigenvalue weighted by Crippen LogP contribution is 2.32. The van der Waals surface area contributed by atoms with Crippen LogP contribution in [0.1, 0.15) is 49.0 Å². The van der Waals surface area contributed by atoms with Crippen molar-refractivity contribution in [3.05, 3.63) is 60.1 Å². The molecule has 0 atom stereocenters. The molecule has 9 nitrogen and oxygen atoms in total. The topological polar surface area (TPSA) is 120 Å². The number of methoxy groups -OCH3 is 1. The summed E-state index contributed by atoms with van der Waals surface area (Å²) in [4.78, 5) is 40.9. The summed E-state index contributed by atoms with van der Waals surface area (Å²) in [7, 11) is 1.50. The summed E-state index contributed by atoms with van der Waals surface area (Å²) in [6.45, 7) is 3.98. The molecule has 0 saturated carbocycles. The van der Waals surface area contributed by atoms with Crippen molar-refractivity contribution in [2.24, 2.45) is 0 Å². The zero-order valence-corrected chi connectivity index (χ0v) is 20.6. The van der Waals surface area contributed by atoms with Crippen LogP contribution < -0.4 is 20.1 Å². The minimum Gasteiger partial charge on any atom is -0.496 e. The lowest BCUT2D eigenvalue weighted by Gasteiger charge is -2.26. The highest BCUT2D eigenvalue weighted by molar-refractivity contribution is 6.39. The van der Waals surface area contributed by atoms with Gasteiger partial charge in [-0.3, -0.25) is 14.4 Å². The van der Waals surface area contributed by atoms with Crippen molar-refractivity contribution >= 4 is 23.3 Å². The van der Waals surface area contributed by atoms with Gasteiger partial charge in [0.15, 0.2) is 17.9 Å². The van der Waals surface area contributed by atoms with Crippen molar-refractivity contribution in [2.45, 2.75) is 45.1 Å². The Morgan fingerprint density at radius 3 is 2.64 bits per heavy atom. The van der Waals surface area contributed by atoms with E-state index in [-0.39, 0.29) is 5.78 Å². The van der Waals surface area contributed by atoms with Crippen LogP contribution in [0.4, 0.5) is 5.69 Å². The number of benzene rings is 2. The zero-order valence-electron chi connectivity index (χ0n) is 20.6. The van der Waals surface area contributed by atoms with Crippen LogP contribution in [0.15, 0.2) is 53.4 Å². The van der Waals surface area contributed by atoms with Crippen molar-refractivity contribution in [1.29, 1.82) is 0 Å². The number of anilines is 1. The predicted octanol–water partition coefficient (Wildman–Crippen LogP) is 4.17. The minimum absolute atomic E-state index is 0.175. The van der Waals surface area contributed by atoms with Crippen molar-refractivity contribution < 1.29 is 28.3 Å². The summed E-state index contributed by atoms with van der Waals surface area (Å²) in [5, 5.41) is 5.34. The molecule has 2 N–H and O–H groups in total. The van der Waals surface area contributed by atoms with E-state index in [1.54, 1.807) is 30.5 Å². The van der Waals surface area contributed by atoms with E-state index in [1.807, 2.05) is 26.0 Å². The number of fused-ring (bicyclic) bond motifs is 1. The van der Waals surface area contributed by atoms with E-state index in [4.69, 9.17) is 13.9 Å². The molecule has 4 rings (SSSR count). The van der Waals surface area contributed by atoms with E-state index in [0.717, 1.165) is 24.0 Å². The van der Waals surface area contributed by atoms with Crippen molar-refractivity contribution in [1.82, 2.24) is 10.3 Å². The molecule has 36 heavy (non-hydrogen) atoms. The van der Waals surface area contributed by atoms with Gasteiger partial charge >= 0.3 is 11.8 Å². The molecule has 1 heterocycles. The maximum absolute atomic E-state index is 12.5. The number of nitrogens with zero attached hydrogens (tertiary/aromatic N) is 1. The molecule has 0 aliphatic heterocycles. The van der Waals surface area contributed by atoms with E-state index in [2.05, 4.69) is 15.6 Å². The van der Waals surface area contributed by atoms with Crippen LogP contribution in [0.5, 0.6) is 11.5 Å². The number of carbonyl (C=O) groups is 3. The number of amides is 2. The number of aromatic nitrogens is 1. The minimum atomic E-state index is -0.794. The molecule has 0 unspecified atom stereocenters. The number of carbonyl (C=O) groups excluding carboxylic acids is 3. The quantitative estimate of drug-likeness (QED) is 0.454. The largest absolute Gasteiger partial charge is 0.496 e. The number of rotatable bonds is 8. The molecular formula is C27H29N3O6. The summed E-state index contributed by atoms with van der Waals surface area (Å²) in [6.07, 6.45) is 5.66. The maximum Gasteiger partial charge on any atom is 0.313 e. The molecule has 1 aliphatic carbocycles. The number of aryl methyl sites for hydroxylation is 1. The molecule has 9 heteroatoms. The molecule has 2 aromatic carbocycles. The van der Waals surface area contributed by atoms with Crippen LogP contribution in [0.3, 0.4) is 0 Å².